The highest BCUT2D eigenvalue weighted by atomic mass is 32.1. The summed E-state index contributed by atoms with van der Waals surface area (Å²) in [6, 6.07) is 8.20. The van der Waals surface area contributed by atoms with Gasteiger partial charge in [0.15, 0.2) is 0 Å². The largest absolute Gasteiger partial charge is 0.548 e. The van der Waals surface area contributed by atoms with Gasteiger partial charge in [-0.15, -0.1) is 0 Å². The van der Waals surface area contributed by atoms with Crippen molar-refractivity contribution in [3.8, 4) is 0 Å². The molecule has 1 N–H and O–H groups in total. The predicted octanol–water partition coefficient (Wildman–Crippen LogP) is 1.06. The Hall–Kier alpha value is -2.48. The van der Waals surface area contributed by atoms with Crippen molar-refractivity contribution in [3.05, 3.63) is 47.0 Å². The van der Waals surface area contributed by atoms with Gasteiger partial charge in [-0.25, -0.2) is 9.36 Å². The Balaban J connectivity index is 2.19. The van der Waals surface area contributed by atoms with Gasteiger partial charge in [-0.2, -0.15) is 5.10 Å². The van der Waals surface area contributed by atoms with Crippen molar-refractivity contribution < 1.29 is 14.7 Å². The van der Waals surface area contributed by atoms with Crippen LogP contribution in [0.25, 0.3) is 0 Å². The van der Waals surface area contributed by atoms with E-state index in [4.69, 9.17) is 12.2 Å². The molecule has 0 saturated heterocycles. The molecule has 0 saturated carbocycles. The van der Waals surface area contributed by atoms with Crippen molar-refractivity contribution in [2.45, 2.75) is 33.2 Å². The first-order valence-corrected chi connectivity index (χ1v) is 7.82. The highest BCUT2D eigenvalue weighted by molar-refractivity contribution is 7.71. The molecule has 2 rings (SSSR count). The minimum atomic E-state index is -1.28. The second-order valence-corrected chi connectivity index (χ2v) is 6.88. The summed E-state index contributed by atoms with van der Waals surface area (Å²) in [4.78, 5) is 23.6. The van der Waals surface area contributed by atoms with Crippen molar-refractivity contribution in [2.24, 2.45) is 5.41 Å². The first kappa shape index (κ1) is 17.9. The number of aromatic nitrogens is 3. The molecule has 0 aliphatic heterocycles. The van der Waals surface area contributed by atoms with Crippen molar-refractivity contribution in [2.75, 3.05) is 5.43 Å². The fourth-order valence-corrected chi connectivity index (χ4v) is 2.59. The van der Waals surface area contributed by atoms with Crippen molar-refractivity contribution in [1.29, 1.82) is 0 Å². The number of benzene rings is 1. The Morgan fingerprint density at radius 2 is 1.92 bits per heavy atom. The maximum Gasteiger partial charge on any atom is 0.243 e. The number of hydrogen-bond donors (Lipinski definition) is 1. The molecule has 2 aromatic rings. The van der Waals surface area contributed by atoms with E-state index in [9.17, 15) is 14.7 Å². The number of amides is 1. The second-order valence-electron chi connectivity index (χ2n) is 6.51. The van der Waals surface area contributed by atoms with Gasteiger partial charge in [0.1, 0.15) is 6.33 Å². The van der Waals surface area contributed by atoms with Crippen molar-refractivity contribution >= 4 is 24.1 Å². The number of carbonyl (C=O) groups excluding carboxylic acids is 2. The monoisotopic (exact) mass is 347 g/mol. The summed E-state index contributed by atoms with van der Waals surface area (Å²) >= 11 is 5.23. The summed E-state index contributed by atoms with van der Waals surface area (Å²) < 4.78 is 2.50. The number of carboxylic acid groups (broad SMARTS) is 1. The topological polar surface area (TPSA) is 92.0 Å². The van der Waals surface area contributed by atoms with Gasteiger partial charge in [0.25, 0.3) is 0 Å². The molecule has 1 heterocycles. The number of rotatable bonds is 5. The van der Waals surface area contributed by atoms with Crippen LogP contribution in [0.15, 0.2) is 36.7 Å². The van der Waals surface area contributed by atoms with E-state index in [1.54, 1.807) is 20.8 Å². The molecule has 0 fully saturated rings. The van der Waals surface area contributed by atoms with Crippen LogP contribution in [0.3, 0.4) is 0 Å². The number of carbonyl (C=O) groups is 2. The van der Waals surface area contributed by atoms with E-state index >= 15 is 0 Å². The number of nitrogens with zero attached hydrogens (tertiary/aromatic N) is 3. The van der Waals surface area contributed by atoms with Gasteiger partial charge < -0.3 is 9.90 Å². The fourth-order valence-electron chi connectivity index (χ4n) is 2.35. The van der Waals surface area contributed by atoms with E-state index in [0.717, 1.165) is 5.56 Å². The van der Waals surface area contributed by atoms with Crippen molar-refractivity contribution in [3.63, 3.8) is 0 Å². The van der Waals surface area contributed by atoms with Crippen molar-refractivity contribution in [1.82, 2.24) is 14.5 Å². The number of carboxylic acids is 1. The highest BCUT2D eigenvalue weighted by Gasteiger charge is 2.29. The Kier molecular flexibility index (Phi) is 5.18. The van der Waals surface area contributed by atoms with Crippen LogP contribution in [0.1, 0.15) is 32.4 Å². The van der Waals surface area contributed by atoms with E-state index in [0.29, 0.717) is 0 Å². The van der Waals surface area contributed by atoms with Crippen LogP contribution < -0.4 is 10.5 Å². The van der Waals surface area contributed by atoms with E-state index in [1.165, 1.54) is 15.7 Å². The van der Waals surface area contributed by atoms with E-state index in [1.807, 2.05) is 30.3 Å². The fraction of sp³-hybridized carbons (Fsp3) is 0.375. The molecular weight excluding hydrogens is 328 g/mol. The Morgan fingerprint density at radius 3 is 2.46 bits per heavy atom. The molecule has 7 nitrogen and oxygen atoms in total. The molecule has 24 heavy (non-hydrogen) atoms. The van der Waals surface area contributed by atoms with Crippen LogP contribution in [0.5, 0.6) is 0 Å². The molecule has 1 aromatic carbocycles. The Labute approximate surface area is 144 Å². The molecular formula is C16H19N4O3S-. The Bertz CT molecular complexity index is 790. The van der Waals surface area contributed by atoms with Crippen LogP contribution >= 0.6 is 12.2 Å². The molecule has 1 atom stereocenters. The molecule has 0 radical (unpaired) electrons. The van der Waals surface area contributed by atoms with Crippen LogP contribution in [0, 0.1) is 10.2 Å². The first-order chi connectivity index (χ1) is 11.2. The lowest BCUT2D eigenvalue weighted by Crippen LogP contribution is -2.41. The van der Waals surface area contributed by atoms with Crippen LogP contribution in [0.2, 0.25) is 0 Å². The lowest BCUT2D eigenvalue weighted by Gasteiger charge is -2.31. The molecule has 1 aromatic heterocycles. The smallest absolute Gasteiger partial charge is 0.243 e. The molecule has 0 aliphatic rings. The summed E-state index contributed by atoms with van der Waals surface area (Å²) in [5.74, 6) is -1.56. The zero-order chi connectivity index (χ0) is 17.9. The average Bonchev–Trinajstić information content (AvgIpc) is 2.80. The zero-order valence-electron chi connectivity index (χ0n) is 13.7. The van der Waals surface area contributed by atoms with Crippen LogP contribution in [0.4, 0.5) is 0 Å². The molecule has 1 unspecified atom stereocenters. The maximum absolute atomic E-state index is 12.1. The van der Waals surface area contributed by atoms with Gasteiger partial charge in [0, 0.05) is 0 Å². The average molecular weight is 347 g/mol. The van der Waals surface area contributed by atoms with Gasteiger partial charge in [0.2, 0.25) is 10.7 Å². The highest BCUT2D eigenvalue weighted by Crippen LogP contribution is 2.29. The summed E-state index contributed by atoms with van der Waals surface area (Å²) in [5, 5.41) is 15.5. The maximum atomic E-state index is 12.1. The van der Waals surface area contributed by atoms with Gasteiger partial charge in [-0.3, -0.25) is 10.2 Å². The summed E-state index contributed by atoms with van der Waals surface area (Å²) in [7, 11) is 0. The van der Waals surface area contributed by atoms with Gasteiger partial charge in [-0.1, -0.05) is 51.1 Å². The molecule has 0 bridgehead atoms. The summed E-state index contributed by atoms with van der Waals surface area (Å²) in [6.45, 7) is 5.26. The van der Waals surface area contributed by atoms with E-state index in [-0.39, 0.29) is 17.1 Å². The molecule has 0 spiro atoms. The number of nitrogens with one attached hydrogen (secondary N) is 1. The summed E-state index contributed by atoms with van der Waals surface area (Å²) in [5.41, 5.74) is 2.81. The van der Waals surface area contributed by atoms with E-state index < -0.39 is 17.4 Å². The SMILES string of the molecule is CC(C)(C)C(C(=O)[O-])n1ncn(NC(=O)Cc2ccccc2)c1=S. The third-order valence-corrected chi connectivity index (χ3v) is 3.82. The normalized spacial score (nSPS) is 12.6. The molecule has 128 valence electrons. The standard InChI is InChI=1S/C16H20N4O3S/c1-16(2,3)13(14(22)23)20-15(24)19(10-17-20)18-12(21)9-11-7-5-4-6-8-11/h4-8,10,13H,9H2,1-3H3,(H,18,21)(H,22,23)/p-1. The van der Waals surface area contributed by atoms with Gasteiger partial charge >= 0.3 is 0 Å². The van der Waals surface area contributed by atoms with Gasteiger partial charge in [0.05, 0.1) is 18.4 Å². The zero-order valence-corrected chi connectivity index (χ0v) is 14.5. The van der Waals surface area contributed by atoms with Gasteiger partial charge in [-0.05, 0) is 23.2 Å². The van der Waals surface area contributed by atoms with E-state index in [2.05, 4.69) is 10.5 Å². The number of hydrogen-bond acceptors (Lipinski definition) is 5. The quantitative estimate of drug-likeness (QED) is 0.817. The Morgan fingerprint density at radius 1 is 1.29 bits per heavy atom. The lowest BCUT2D eigenvalue weighted by molar-refractivity contribution is -0.313. The molecule has 1 amide bonds. The molecule has 8 heteroatoms. The predicted molar refractivity (Wildman–Crippen MR) is 89.1 cm³/mol. The summed E-state index contributed by atoms with van der Waals surface area (Å²) in [6.07, 6.45) is 1.46. The van der Waals surface area contributed by atoms with Crippen LogP contribution in [-0.2, 0) is 16.0 Å². The number of aliphatic carboxylic acids is 1. The third-order valence-electron chi connectivity index (χ3n) is 3.43. The lowest BCUT2D eigenvalue weighted by atomic mass is 9.87. The minimum Gasteiger partial charge on any atom is -0.548 e. The molecule has 0 aliphatic carbocycles. The second kappa shape index (κ2) is 6.96. The third kappa shape index (κ3) is 4.08. The van der Waals surface area contributed by atoms with Crippen LogP contribution in [-0.4, -0.2) is 26.3 Å². The minimum absolute atomic E-state index is 0.0838. The first-order valence-electron chi connectivity index (χ1n) is 7.41.